The van der Waals surface area contributed by atoms with Gasteiger partial charge in [-0.2, -0.15) is 5.10 Å². The normalized spacial score (nSPS) is 17.3. The van der Waals surface area contributed by atoms with E-state index in [4.69, 9.17) is 5.73 Å². The minimum Gasteiger partial charge on any atom is -0.330 e. The smallest absolute Gasteiger partial charge is 0.0522 e. The lowest BCUT2D eigenvalue weighted by Gasteiger charge is -2.24. The molecule has 3 heteroatoms. The molecule has 1 heterocycles. The van der Waals surface area contributed by atoms with Crippen LogP contribution in [-0.4, -0.2) is 16.3 Å². The second-order valence-electron chi connectivity index (χ2n) is 3.91. The van der Waals surface area contributed by atoms with E-state index in [-0.39, 0.29) is 0 Å². The van der Waals surface area contributed by atoms with Gasteiger partial charge in [-0.3, -0.25) is 4.68 Å². The van der Waals surface area contributed by atoms with E-state index in [1.54, 1.807) is 0 Å². The highest BCUT2D eigenvalue weighted by molar-refractivity contribution is 5.04. The molecule has 1 fully saturated rings. The van der Waals surface area contributed by atoms with Gasteiger partial charge in [0.1, 0.15) is 0 Å². The molecule has 0 spiro atoms. The van der Waals surface area contributed by atoms with Crippen LogP contribution in [0.2, 0.25) is 0 Å². The largest absolute Gasteiger partial charge is 0.330 e. The fraction of sp³-hybridized carbons (Fsp3) is 0.700. The van der Waals surface area contributed by atoms with Crippen molar-refractivity contribution in [1.29, 1.82) is 0 Å². The first-order valence-electron chi connectivity index (χ1n) is 5.10. The molecule has 1 aromatic heterocycles. The second-order valence-corrected chi connectivity index (χ2v) is 3.91. The molecule has 1 saturated carbocycles. The van der Waals surface area contributed by atoms with Crippen molar-refractivity contribution >= 4 is 0 Å². The Morgan fingerprint density at radius 1 is 1.54 bits per heavy atom. The van der Waals surface area contributed by atoms with Crippen LogP contribution in [0.25, 0.3) is 0 Å². The molecular weight excluding hydrogens is 162 g/mol. The molecule has 1 aliphatic rings. The van der Waals surface area contributed by atoms with E-state index >= 15 is 0 Å². The Hall–Kier alpha value is -0.830. The summed E-state index contributed by atoms with van der Waals surface area (Å²) < 4.78 is 2.06. The molecule has 0 saturated heterocycles. The maximum absolute atomic E-state index is 5.47. The van der Waals surface area contributed by atoms with Crippen molar-refractivity contribution < 1.29 is 0 Å². The molecule has 0 aliphatic heterocycles. The molecular formula is C10H17N3. The minimum atomic E-state index is 0.717. The first-order valence-corrected chi connectivity index (χ1v) is 5.10. The van der Waals surface area contributed by atoms with Gasteiger partial charge in [-0.1, -0.05) is 6.42 Å². The maximum atomic E-state index is 5.47. The Kier molecular flexibility index (Phi) is 2.64. The summed E-state index contributed by atoms with van der Waals surface area (Å²) >= 11 is 0. The zero-order chi connectivity index (χ0) is 9.10. The third kappa shape index (κ3) is 2.10. The van der Waals surface area contributed by atoms with Crippen molar-refractivity contribution in [2.75, 3.05) is 6.54 Å². The van der Waals surface area contributed by atoms with E-state index in [2.05, 4.69) is 16.0 Å². The van der Waals surface area contributed by atoms with Crippen LogP contribution in [0, 0.1) is 5.92 Å². The molecule has 0 unspecified atom stereocenters. The van der Waals surface area contributed by atoms with E-state index in [0.717, 1.165) is 25.4 Å². The van der Waals surface area contributed by atoms with E-state index in [9.17, 15) is 0 Å². The summed E-state index contributed by atoms with van der Waals surface area (Å²) in [4.78, 5) is 0. The number of hydrogen-bond donors (Lipinski definition) is 1. The molecule has 72 valence electrons. The third-order valence-corrected chi connectivity index (χ3v) is 2.79. The predicted molar refractivity (Wildman–Crippen MR) is 52.3 cm³/mol. The first-order chi connectivity index (χ1) is 6.38. The van der Waals surface area contributed by atoms with Crippen molar-refractivity contribution in [3.8, 4) is 0 Å². The molecule has 0 aromatic carbocycles. The second kappa shape index (κ2) is 3.92. The van der Waals surface area contributed by atoms with Gasteiger partial charge in [0.15, 0.2) is 0 Å². The molecule has 0 radical (unpaired) electrons. The van der Waals surface area contributed by atoms with Crippen molar-refractivity contribution in [1.82, 2.24) is 9.78 Å². The van der Waals surface area contributed by atoms with E-state index < -0.39 is 0 Å². The van der Waals surface area contributed by atoms with E-state index in [1.807, 2.05) is 6.20 Å². The number of aromatic nitrogens is 2. The van der Waals surface area contributed by atoms with Crippen LogP contribution in [0.1, 0.15) is 24.8 Å². The highest BCUT2D eigenvalue weighted by Gasteiger charge is 2.17. The molecule has 0 bridgehead atoms. The lowest BCUT2D eigenvalue weighted by atomic mass is 9.85. The fourth-order valence-corrected chi connectivity index (χ4v) is 1.74. The molecule has 1 aromatic rings. The van der Waals surface area contributed by atoms with Crippen molar-refractivity contribution in [3.05, 3.63) is 18.0 Å². The number of rotatable bonds is 4. The summed E-state index contributed by atoms with van der Waals surface area (Å²) in [5.74, 6) is 0.880. The van der Waals surface area contributed by atoms with Crippen molar-refractivity contribution in [3.63, 3.8) is 0 Å². The number of nitrogens with two attached hydrogens (primary N) is 1. The quantitative estimate of drug-likeness (QED) is 0.754. The summed E-state index contributed by atoms with van der Waals surface area (Å²) in [5.41, 5.74) is 6.74. The topological polar surface area (TPSA) is 43.8 Å². The molecule has 0 atom stereocenters. The SMILES string of the molecule is NCCc1cnn(CC2CCC2)c1. The van der Waals surface area contributed by atoms with Crippen molar-refractivity contribution in [2.45, 2.75) is 32.2 Å². The summed E-state index contributed by atoms with van der Waals surface area (Å²) in [5, 5.41) is 4.32. The molecule has 2 rings (SSSR count). The van der Waals surface area contributed by atoms with Crippen LogP contribution in [0.15, 0.2) is 12.4 Å². The molecule has 13 heavy (non-hydrogen) atoms. The lowest BCUT2D eigenvalue weighted by molar-refractivity contribution is 0.266. The van der Waals surface area contributed by atoms with Crippen molar-refractivity contribution in [2.24, 2.45) is 11.7 Å². The minimum absolute atomic E-state index is 0.717. The number of hydrogen-bond acceptors (Lipinski definition) is 2. The van der Waals surface area contributed by atoms with Gasteiger partial charge in [0.2, 0.25) is 0 Å². The van der Waals surface area contributed by atoms with Crippen LogP contribution in [0.4, 0.5) is 0 Å². The van der Waals surface area contributed by atoms with Crippen LogP contribution in [-0.2, 0) is 13.0 Å². The van der Waals surface area contributed by atoms with E-state index in [0.29, 0.717) is 0 Å². The summed E-state index contributed by atoms with van der Waals surface area (Å²) in [6.07, 6.45) is 9.18. The van der Waals surface area contributed by atoms with Gasteiger partial charge in [0.05, 0.1) is 6.20 Å². The summed E-state index contributed by atoms with van der Waals surface area (Å²) in [7, 11) is 0. The van der Waals surface area contributed by atoms with Gasteiger partial charge < -0.3 is 5.73 Å². The van der Waals surface area contributed by atoms with Gasteiger partial charge in [-0.15, -0.1) is 0 Å². The summed E-state index contributed by atoms with van der Waals surface area (Å²) in [6.45, 7) is 1.82. The van der Waals surface area contributed by atoms with E-state index in [1.165, 1.54) is 24.8 Å². The Labute approximate surface area is 78.9 Å². The summed E-state index contributed by atoms with van der Waals surface area (Å²) in [6, 6.07) is 0. The third-order valence-electron chi connectivity index (χ3n) is 2.79. The Balaban J connectivity index is 1.88. The highest BCUT2D eigenvalue weighted by atomic mass is 15.3. The molecule has 3 nitrogen and oxygen atoms in total. The standard InChI is InChI=1S/C10H17N3/c11-5-4-10-6-12-13(8-10)7-9-2-1-3-9/h6,8-9H,1-5,7,11H2. The zero-order valence-electron chi connectivity index (χ0n) is 7.95. The molecule has 1 aliphatic carbocycles. The average Bonchev–Trinajstić information content (AvgIpc) is 2.46. The monoisotopic (exact) mass is 179 g/mol. The molecule has 2 N–H and O–H groups in total. The predicted octanol–water partition coefficient (Wildman–Crippen LogP) is 1.18. The van der Waals surface area contributed by atoms with Crippen LogP contribution < -0.4 is 5.73 Å². The highest BCUT2D eigenvalue weighted by Crippen LogP contribution is 2.27. The average molecular weight is 179 g/mol. The Bertz CT molecular complexity index is 263. The maximum Gasteiger partial charge on any atom is 0.0522 e. The Morgan fingerprint density at radius 2 is 2.38 bits per heavy atom. The van der Waals surface area contributed by atoms with Gasteiger partial charge in [-0.05, 0) is 37.3 Å². The first kappa shape index (κ1) is 8.75. The fourth-order valence-electron chi connectivity index (χ4n) is 1.74. The van der Waals surface area contributed by atoms with Crippen LogP contribution >= 0.6 is 0 Å². The Morgan fingerprint density at radius 3 is 3.00 bits per heavy atom. The van der Waals surface area contributed by atoms with Gasteiger partial charge in [-0.25, -0.2) is 0 Å². The zero-order valence-corrected chi connectivity index (χ0v) is 7.95. The molecule has 0 amide bonds. The van der Waals surface area contributed by atoms with Crippen LogP contribution in [0.3, 0.4) is 0 Å². The van der Waals surface area contributed by atoms with Gasteiger partial charge >= 0.3 is 0 Å². The number of nitrogens with zero attached hydrogens (tertiary/aromatic N) is 2. The van der Waals surface area contributed by atoms with Gasteiger partial charge in [0, 0.05) is 12.7 Å². The lowest BCUT2D eigenvalue weighted by Crippen LogP contribution is -2.18. The van der Waals surface area contributed by atoms with Gasteiger partial charge in [0.25, 0.3) is 0 Å². The van der Waals surface area contributed by atoms with Crippen LogP contribution in [0.5, 0.6) is 0 Å².